The summed E-state index contributed by atoms with van der Waals surface area (Å²) in [5.41, 5.74) is 2.75. The molecule has 1 aromatic heterocycles. The molecule has 0 bridgehead atoms. The van der Waals surface area contributed by atoms with Gasteiger partial charge in [0.2, 0.25) is 5.91 Å². The number of hydrogen-bond acceptors (Lipinski definition) is 6. The van der Waals surface area contributed by atoms with Gasteiger partial charge in [0.05, 0.1) is 10.6 Å². The van der Waals surface area contributed by atoms with Crippen molar-refractivity contribution in [3.05, 3.63) is 125 Å². The van der Waals surface area contributed by atoms with Crippen molar-refractivity contribution >= 4 is 61.4 Å². The van der Waals surface area contributed by atoms with Gasteiger partial charge in [-0.25, -0.2) is 13.4 Å². The fourth-order valence-electron chi connectivity index (χ4n) is 3.75. The third-order valence-corrected chi connectivity index (χ3v) is 9.39. The Balaban J connectivity index is 1.32. The number of amides is 1. The Morgan fingerprint density at radius 1 is 0.846 bits per heavy atom. The van der Waals surface area contributed by atoms with Gasteiger partial charge in [-0.1, -0.05) is 78.3 Å². The molecule has 0 radical (unpaired) electrons. The van der Waals surface area contributed by atoms with E-state index in [-0.39, 0.29) is 10.8 Å². The maximum atomic E-state index is 13.5. The number of carbonyl (C=O) groups is 1. The summed E-state index contributed by atoms with van der Waals surface area (Å²) in [6.45, 7) is 0. The quantitative estimate of drug-likeness (QED) is 0.171. The molecule has 0 saturated carbocycles. The summed E-state index contributed by atoms with van der Waals surface area (Å²) in [5, 5.41) is 5.30. The van der Waals surface area contributed by atoms with Crippen LogP contribution >= 0.6 is 34.7 Å². The summed E-state index contributed by atoms with van der Waals surface area (Å²) in [7, 11) is -3.70. The van der Waals surface area contributed by atoms with E-state index in [4.69, 9.17) is 11.6 Å². The molecule has 0 saturated heterocycles. The molecule has 1 amide bonds. The Labute approximate surface area is 240 Å². The number of benzene rings is 4. The second kappa shape index (κ2) is 12.0. The molecule has 0 aliphatic rings. The van der Waals surface area contributed by atoms with Crippen LogP contribution in [0.5, 0.6) is 0 Å². The first kappa shape index (κ1) is 27.0. The lowest BCUT2D eigenvalue weighted by Crippen LogP contribution is -2.19. The van der Waals surface area contributed by atoms with Crippen molar-refractivity contribution in [3.63, 3.8) is 0 Å². The summed E-state index contributed by atoms with van der Waals surface area (Å²) in [5.74, 6) is -0.222. The molecular weight excluding hydrogens is 570 g/mol. The summed E-state index contributed by atoms with van der Waals surface area (Å²) in [6.07, 6.45) is 0. The highest BCUT2D eigenvalue weighted by atomic mass is 35.5. The van der Waals surface area contributed by atoms with Gasteiger partial charge in [-0.2, -0.15) is 0 Å². The molecule has 0 fully saturated rings. The average Bonchev–Trinajstić information content (AvgIpc) is 3.41. The second-order valence-electron chi connectivity index (χ2n) is 8.36. The summed E-state index contributed by atoms with van der Waals surface area (Å²) < 4.78 is 27.9. The largest absolute Gasteiger partial charge is 0.301 e. The third-order valence-electron chi connectivity index (χ3n) is 5.64. The molecule has 10 heteroatoms. The number of nitrogens with one attached hydrogen (secondary N) is 2. The SMILES string of the molecule is O=C(Nc1nc(-c2ccccc2Cl)cs1)C(Sc1ccc(NS(=O)(=O)c2ccccc2)cc1)c1ccccc1. The number of thioether (sulfide) groups is 1. The predicted molar refractivity (Wildman–Crippen MR) is 160 cm³/mol. The average molecular weight is 592 g/mol. The van der Waals surface area contributed by atoms with Gasteiger partial charge in [0, 0.05) is 26.5 Å². The van der Waals surface area contributed by atoms with Gasteiger partial charge >= 0.3 is 0 Å². The zero-order valence-corrected chi connectivity index (χ0v) is 23.5. The van der Waals surface area contributed by atoms with Crippen LogP contribution in [0.4, 0.5) is 10.8 Å². The van der Waals surface area contributed by atoms with Crippen LogP contribution in [0.15, 0.2) is 124 Å². The monoisotopic (exact) mass is 591 g/mol. The first-order valence-corrected chi connectivity index (χ1v) is 15.4. The van der Waals surface area contributed by atoms with Gasteiger partial charge in [0.1, 0.15) is 5.25 Å². The zero-order chi connectivity index (χ0) is 27.2. The second-order valence-corrected chi connectivity index (χ2v) is 12.5. The molecule has 1 atom stereocenters. The third kappa shape index (κ3) is 6.69. The number of sulfonamides is 1. The lowest BCUT2D eigenvalue weighted by molar-refractivity contribution is -0.115. The topological polar surface area (TPSA) is 88.2 Å². The van der Waals surface area contributed by atoms with Crippen LogP contribution in [-0.2, 0) is 14.8 Å². The number of hydrogen-bond donors (Lipinski definition) is 2. The van der Waals surface area contributed by atoms with Gasteiger partial charge in [-0.05, 0) is 48.0 Å². The fourth-order valence-corrected chi connectivity index (χ4v) is 6.80. The molecule has 5 aromatic rings. The van der Waals surface area contributed by atoms with Crippen LogP contribution < -0.4 is 10.0 Å². The molecule has 1 heterocycles. The standard InChI is InChI=1S/C29H22ClN3O3S3/c30-25-14-8-7-13-24(25)26-19-37-29(31-26)32-28(34)27(20-9-3-1-4-10-20)38-22-17-15-21(16-18-22)33-39(35,36)23-11-5-2-6-12-23/h1-19,27,33H,(H,31,32,34). The Bertz CT molecular complexity index is 1680. The van der Waals surface area contributed by atoms with Crippen molar-refractivity contribution < 1.29 is 13.2 Å². The molecule has 6 nitrogen and oxygen atoms in total. The highest BCUT2D eigenvalue weighted by Gasteiger charge is 2.23. The van der Waals surface area contributed by atoms with Crippen LogP contribution in [-0.4, -0.2) is 19.3 Å². The molecule has 196 valence electrons. The molecule has 39 heavy (non-hydrogen) atoms. The van der Waals surface area contributed by atoms with E-state index in [0.717, 1.165) is 16.0 Å². The van der Waals surface area contributed by atoms with E-state index >= 15 is 0 Å². The smallest absolute Gasteiger partial charge is 0.261 e. The minimum Gasteiger partial charge on any atom is -0.301 e. The van der Waals surface area contributed by atoms with Crippen molar-refractivity contribution in [2.24, 2.45) is 0 Å². The maximum absolute atomic E-state index is 13.5. The fraction of sp³-hybridized carbons (Fsp3) is 0.0345. The molecular formula is C29H22ClN3O3S3. The van der Waals surface area contributed by atoms with E-state index in [9.17, 15) is 13.2 Å². The Morgan fingerprint density at radius 3 is 2.18 bits per heavy atom. The van der Waals surface area contributed by atoms with Crippen LogP contribution in [0.3, 0.4) is 0 Å². The molecule has 2 N–H and O–H groups in total. The van der Waals surface area contributed by atoms with Gasteiger partial charge < -0.3 is 5.32 Å². The zero-order valence-electron chi connectivity index (χ0n) is 20.3. The lowest BCUT2D eigenvalue weighted by Gasteiger charge is -2.16. The molecule has 0 spiro atoms. The first-order chi connectivity index (χ1) is 18.9. The summed E-state index contributed by atoms with van der Waals surface area (Å²) >= 11 is 9.00. The van der Waals surface area contributed by atoms with E-state index in [0.29, 0.717) is 21.5 Å². The van der Waals surface area contributed by atoms with Crippen LogP contribution in [0.1, 0.15) is 10.8 Å². The number of anilines is 2. The van der Waals surface area contributed by atoms with Crippen LogP contribution in [0, 0.1) is 0 Å². The Morgan fingerprint density at radius 2 is 1.49 bits per heavy atom. The van der Waals surface area contributed by atoms with Crippen LogP contribution in [0.2, 0.25) is 5.02 Å². The summed E-state index contributed by atoms with van der Waals surface area (Å²) in [6, 6.07) is 32.0. The van der Waals surface area contributed by atoms with Gasteiger partial charge in [-0.15, -0.1) is 23.1 Å². The lowest BCUT2D eigenvalue weighted by atomic mass is 10.1. The van der Waals surface area contributed by atoms with Gasteiger partial charge in [-0.3, -0.25) is 9.52 Å². The van der Waals surface area contributed by atoms with E-state index in [2.05, 4.69) is 15.0 Å². The maximum Gasteiger partial charge on any atom is 0.261 e. The minimum absolute atomic E-state index is 0.184. The molecule has 5 rings (SSSR count). The highest BCUT2D eigenvalue weighted by Crippen LogP contribution is 2.38. The van der Waals surface area contributed by atoms with E-state index in [1.54, 1.807) is 48.5 Å². The first-order valence-electron chi connectivity index (χ1n) is 11.8. The van der Waals surface area contributed by atoms with Crippen molar-refractivity contribution in [2.75, 3.05) is 10.0 Å². The predicted octanol–water partition coefficient (Wildman–Crippen LogP) is 7.74. The van der Waals surface area contributed by atoms with Crippen molar-refractivity contribution in [2.45, 2.75) is 15.0 Å². The minimum atomic E-state index is -3.70. The van der Waals surface area contributed by atoms with Crippen molar-refractivity contribution in [1.29, 1.82) is 0 Å². The summed E-state index contributed by atoms with van der Waals surface area (Å²) in [4.78, 5) is 19.0. The highest BCUT2D eigenvalue weighted by molar-refractivity contribution is 8.00. The number of rotatable bonds is 9. The van der Waals surface area contributed by atoms with E-state index in [1.807, 2.05) is 53.9 Å². The molecule has 0 aliphatic heterocycles. The van der Waals surface area contributed by atoms with Crippen LogP contribution in [0.25, 0.3) is 11.3 Å². The van der Waals surface area contributed by atoms with Crippen molar-refractivity contribution in [1.82, 2.24) is 4.98 Å². The van der Waals surface area contributed by atoms with E-state index < -0.39 is 15.3 Å². The number of carbonyl (C=O) groups excluding carboxylic acids is 1. The Hall–Kier alpha value is -3.63. The van der Waals surface area contributed by atoms with Gasteiger partial charge in [0.25, 0.3) is 10.0 Å². The Kier molecular flexibility index (Phi) is 8.33. The number of aromatic nitrogens is 1. The molecule has 1 unspecified atom stereocenters. The van der Waals surface area contributed by atoms with Gasteiger partial charge in [0.15, 0.2) is 5.13 Å². The number of thiazole rings is 1. The normalized spacial score (nSPS) is 12.0. The molecule has 0 aliphatic carbocycles. The number of halogens is 1. The van der Waals surface area contributed by atoms with E-state index in [1.165, 1.54) is 35.2 Å². The molecule has 4 aromatic carbocycles. The number of nitrogens with zero attached hydrogens (tertiary/aromatic N) is 1. The van der Waals surface area contributed by atoms with Crippen molar-refractivity contribution in [3.8, 4) is 11.3 Å².